The van der Waals surface area contributed by atoms with Crippen LogP contribution in [0.2, 0.25) is 0 Å². The maximum atomic E-state index is 13.0. The molecule has 0 radical (unpaired) electrons. The SMILES string of the molecule is Cc1ccc(NC(=O)c2cccc(S(=O)(=O)N3CC(C)OC(C)C3)c2)cc1[N+](=O)[O-]. The molecule has 3 rings (SSSR count). The zero-order valence-electron chi connectivity index (χ0n) is 16.9. The van der Waals surface area contributed by atoms with Gasteiger partial charge in [0.05, 0.1) is 22.0 Å². The van der Waals surface area contributed by atoms with Crippen LogP contribution in [0.25, 0.3) is 0 Å². The lowest BCUT2D eigenvalue weighted by atomic mass is 10.1. The molecule has 1 fully saturated rings. The number of carbonyl (C=O) groups is 1. The molecule has 10 heteroatoms. The number of ether oxygens (including phenoxy) is 1. The van der Waals surface area contributed by atoms with Gasteiger partial charge in [-0.15, -0.1) is 0 Å². The quantitative estimate of drug-likeness (QED) is 0.572. The van der Waals surface area contributed by atoms with Gasteiger partial charge in [-0.05, 0) is 45.0 Å². The molecular formula is C20H23N3O6S. The van der Waals surface area contributed by atoms with Gasteiger partial charge < -0.3 is 10.1 Å². The number of anilines is 1. The number of hydrogen-bond acceptors (Lipinski definition) is 6. The van der Waals surface area contributed by atoms with Crippen molar-refractivity contribution in [1.29, 1.82) is 0 Å². The minimum atomic E-state index is -3.80. The van der Waals surface area contributed by atoms with Crippen LogP contribution in [0.15, 0.2) is 47.4 Å². The average Bonchev–Trinajstić information content (AvgIpc) is 2.68. The largest absolute Gasteiger partial charge is 0.373 e. The van der Waals surface area contributed by atoms with Gasteiger partial charge in [0.15, 0.2) is 0 Å². The fraction of sp³-hybridized carbons (Fsp3) is 0.350. The van der Waals surface area contributed by atoms with Gasteiger partial charge >= 0.3 is 0 Å². The Balaban J connectivity index is 1.84. The van der Waals surface area contributed by atoms with E-state index in [1.807, 2.05) is 13.8 Å². The number of nitro benzene ring substituents is 1. The first kappa shape index (κ1) is 21.9. The Kier molecular flexibility index (Phi) is 6.20. The number of sulfonamides is 1. The normalized spacial score (nSPS) is 20.0. The molecule has 1 aliphatic heterocycles. The summed E-state index contributed by atoms with van der Waals surface area (Å²) in [6.07, 6.45) is -0.459. The van der Waals surface area contributed by atoms with Crippen molar-refractivity contribution in [2.24, 2.45) is 0 Å². The molecule has 0 spiro atoms. The molecule has 2 aromatic carbocycles. The van der Waals surface area contributed by atoms with Gasteiger partial charge in [-0.25, -0.2) is 8.42 Å². The van der Waals surface area contributed by atoms with Crippen LogP contribution < -0.4 is 5.32 Å². The lowest BCUT2D eigenvalue weighted by Crippen LogP contribution is -2.48. The van der Waals surface area contributed by atoms with Crippen molar-refractivity contribution in [2.75, 3.05) is 18.4 Å². The van der Waals surface area contributed by atoms with Crippen molar-refractivity contribution < 1.29 is 22.9 Å². The lowest BCUT2D eigenvalue weighted by molar-refractivity contribution is -0.385. The molecule has 2 unspecified atom stereocenters. The standard InChI is InChI=1S/C20H23N3O6S/c1-13-7-8-17(10-19(13)23(25)26)21-20(24)16-5-4-6-18(9-16)30(27,28)22-11-14(2)29-15(3)12-22/h4-10,14-15H,11-12H2,1-3H3,(H,21,24). The summed E-state index contributed by atoms with van der Waals surface area (Å²) in [6, 6.07) is 10.1. The molecule has 2 atom stereocenters. The molecule has 0 bridgehead atoms. The lowest BCUT2D eigenvalue weighted by Gasteiger charge is -2.34. The van der Waals surface area contributed by atoms with Crippen LogP contribution in [-0.2, 0) is 14.8 Å². The van der Waals surface area contributed by atoms with Crippen LogP contribution in [0.3, 0.4) is 0 Å². The molecule has 2 aromatic rings. The maximum absolute atomic E-state index is 13.0. The Morgan fingerprint density at radius 3 is 2.47 bits per heavy atom. The minimum absolute atomic E-state index is 0.00587. The van der Waals surface area contributed by atoms with Crippen molar-refractivity contribution in [2.45, 2.75) is 37.9 Å². The number of hydrogen-bond donors (Lipinski definition) is 1. The Hall–Kier alpha value is -2.82. The Bertz CT molecular complexity index is 1080. The molecule has 160 valence electrons. The highest BCUT2D eigenvalue weighted by Crippen LogP contribution is 2.24. The summed E-state index contributed by atoms with van der Waals surface area (Å²) in [6.45, 7) is 5.68. The second-order valence-corrected chi connectivity index (χ2v) is 9.26. The second-order valence-electron chi connectivity index (χ2n) is 7.32. The number of nitro groups is 1. The molecule has 1 aliphatic rings. The number of nitrogens with one attached hydrogen (secondary N) is 1. The summed E-state index contributed by atoms with van der Waals surface area (Å²) >= 11 is 0. The third kappa shape index (κ3) is 4.66. The first-order valence-corrected chi connectivity index (χ1v) is 10.8. The summed E-state index contributed by atoms with van der Waals surface area (Å²) in [5.74, 6) is -0.561. The van der Waals surface area contributed by atoms with E-state index in [9.17, 15) is 23.3 Å². The van der Waals surface area contributed by atoms with Crippen LogP contribution in [0.4, 0.5) is 11.4 Å². The zero-order chi connectivity index (χ0) is 22.1. The van der Waals surface area contributed by atoms with Crippen molar-refractivity contribution >= 4 is 27.3 Å². The molecular weight excluding hydrogens is 410 g/mol. The van der Waals surface area contributed by atoms with Crippen LogP contribution in [0.1, 0.15) is 29.8 Å². The molecule has 9 nitrogen and oxygen atoms in total. The first-order chi connectivity index (χ1) is 14.1. The number of morpholine rings is 1. The van der Waals surface area contributed by atoms with Gasteiger partial charge in [-0.1, -0.05) is 12.1 Å². The van der Waals surface area contributed by atoms with E-state index in [1.54, 1.807) is 13.0 Å². The number of rotatable bonds is 5. The van der Waals surface area contributed by atoms with Gasteiger partial charge in [0, 0.05) is 36.0 Å². The van der Waals surface area contributed by atoms with Gasteiger partial charge in [0.1, 0.15) is 0 Å². The highest BCUT2D eigenvalue weighted by molar-refractivity contribution is 7.89. The molecule has 0 saturated carbocycles. The monoisotopic (exact) mass is 433 g/mol. The summed E-state index contributed by atoms with van der Waals surface area (Å²) in [4.78, 5) is 23.2. The maximum Gasteiger partial charge on any atom is 0.274 e. The Morgan fingerprint density at radius 1 is 1.17 bits per heavy atom. The van der Waals surface area contributed by atoms with Crippen LogP contribution in [0.5, 0.6) is 0 Å². The van der Waals surface area contributed by atoms with E-state index < -0.39 is 20.9 Å². The molecule has 1 N–H and O–H groups in total. The zero-order valence-corrected chi connectivity index (χ0v) is 17.7. The van der Waals surface area contributed by atoms with E-state index in [4.69, 9.17) is 4.74 Å². The first-order valence-electron chi connectivity index (χ1n) is 9.40. The molecule has 1 heterocycles. The molecule has 1 amide bonds. The Morgan fingerprint density at radius 2 is 1.83 bits per heavy atom. The summed E-state index contributed by atoms with van der Waals surface area (Å²) in [5, 5.41) is 13.7. The molecule has 1 saturated heterocycles. The van der Waals surface area contributed by atoms with Crippen molar-refractivity contribution in [3.05, 3.63) is 63.7 Å². The molecule has 30 heavy (non-hydrogen) atoms. The number of carbonyl (C=O) groups excluding carboxylic acids is 1. The number of aryl methyl sites for hydroxylation is 1. The van der Waals surface area contributed by atoms with Crippen LogP contribution in [-0.4, -0.2) is 48.9 Å². The topological polar surface area (TPSA) is 119 Å². The summed E-state index contributed by atoms with van der Waals surface area (Å²) in [7, 11) is -3.80. The highest BCUT2D eigenvalue weighted by Gasteiger charge is 2.32. The van der Waals surface area contributed by atoms with Gasteiger partial charge in [-0.3, -0.25) is 14.9 Å². The third-order valence-corrected chi connectivity index (χ3v) is 6.61. The fourth-order valence-electron chi connectivity index (χ4n) is 3.36. The third-order valence-electron chi connectivity index (χ3n) is 4.78. The number of nitrogens with zero attached hydrogens (tertiary/aromatic N) is 2. The van der Waals surface area contributed by atoms with E-state index >= 15 is 0 Å². The van der Waals surface area contributed by atoms with E-state index in [1.165, 1.54) is 40.7 Å². The van der Waals surface area contributed by atoms with Gasteiger partial charge in [0.25, 0.3) is 11.6 Å². The fourth-order valence-corrected chi connectivity index (χ4v) is 5.00. The second kappa shape index (κ2) is 8.50. The molecule has 0 aromatic heterocycles. The minimum Gasteiger partial charge on any atom is -0.373 e. The van der Waals surface area contributed by atoms with E-state index in [2.05, 4.69) is 5.32 Å². The smallest absolute Gasteiger partial charge is 0.274 e. The van der Waals surface area contributed by atoms with Crippen molar-refractivity contribution in [3.8, 4) is 0 Å². The highest BCUT2D eigenvalue weighted by atomic mass is 32.2. The van der Waals surface area contributed by atoms with Crippen LogP contribution >= 0.6 is 0 Å². The number of amides is 1. The van der Waals surface area contributed by atoms with E-state index in [0.29, 0.717) is 5.56 Å². The van der Waals surface area contributed by atoms with Gasteiger partial charge in [0.2, 0.25) is 10.0 Å². The summed E-state index contributed by atoms with van der Waals surface area (Å²) < 4.78 is 33.0. The van der Waals surface area contributed by atoms with E-state index in [-0.39, 0.29) is 47.1 Å². The van der Waals surface area contributed by atoms with Crippen molar-refractivity contribution in [1.82, 2.24) is 4.31 Å². The number of benzene rings is 2. The predicted molar refractivity (Wildman–Crippen MR) is 111 cm³/mol. The van der Waals surface area contributed by atoms with Gasteiger partial charge in [-0.2, -0.15) is 4.31 Å². The van der Waals surface area contributed by atoms with Crippen molar-refractivity contribution in [3.63, 3.8) is 0 Å². The van der Waals surface area contributed by atoms with E-state index in [0.717, 1.165) is 0 Å². The summed E-state index contributed by atoms with van der Waals surface area (Å²) in [5.41, 5.74) is 0.745. The van der Waals surface area contributed by atoms with Crippen LogP contribution in [0, 0.1) is 17.0 Å². The molecule has 0 aliphatic carbocycles. The predicted octanol–water partition coefficient (Wildman–Crippen LogP) is 2.95. The average molecular weight is 433 g/mol. The Labute approximate surface area is 174 Å².